The van der Waals surface area contributed by atoms with E-state index >= 15 is 0 Å². The van der Waals surface area contributed by atoms with E-state index in [2.05, 4.69) is 5.32 Å². The fraction of sp³-hybridized carbons (Fsp3) is 0.417. The first kappa shape index (κ1) is 9.78. The average molecular weight is 220 g/mol. The van der Waals surface area contributed by atoms with Crippen LogP contribution in [0.25, 0.3) is 0 Å². The zero-order chi connectivity index (χ0) is 11.1. The van der Waals surface area contributed by atoms with Crippen molar-refractivity contribution < 1.29 is 9.18 Å². The third-order valence-corrected chi connectivity index (χ3v) is 3.39. The van der Waals surface area contributed by atoms with Crippen LogP contribution in [0.2, 0.25) is 0 Å². The van der Waals surface area contributed by atoms with Gasteiger partial charge in [-0.1, -0.05) is 12.1 Å². The van der Waals surface area contributed by atoms with Crippen molar-refractivity contribution in [3.63, 3.8) is 0 Å². The van der Waals surface area contributed by atoms with E-state index in [4.69, 9.17) is 0 Å². The zero-order valence-corrected chi connectivity index (χ0v) is 8.87. The topological polar surface area (TPSA) is 32.3 Å². The number of nitrogens with one attached hydrogen (secondary N) is 1. The van der Waals surface area contributed by atoms with Crippen molar-refractivity contribution >= 4 is 5.91 Å². The molecular weight excluding hydrogens is 207 g/mol. The Labute approximate surface area is 93.2 Å². The van der Waals surface area contributed by atoms with Crippen LogP contribution in [0.3, 0.4) is 0 Å². The number of hydrogen-bond donors (Lipinski definition) is 1. The van der Waals surface area contributed by atoms with Crippen LogP contribution in [0.4, 0.5) is 4.39 Å². The SMILES string of the molecule is O=C1c2c(F)cccc2CN1C1CCNC1. The summed E-state index contributed by atoms with van der Waals surface area (Å²) >= 11 is 0. The molecule has 1 unspecified atom stereocenters. The lowest BCUT2D eigenvalue weighted by atomic mass is 10.1. The molecule has 1 fully saturated rings. The smallest absolute Gasteiger partial charge is 0.257 e. The van der Waals surface area contributed by atoms with Gasteiger partial charge >= 0.3 is 0 Å². The number of carbonyl (C=O) groups excluding carboxylic acids is 1. The minimum atomic E-state index is -0.393. The van der Waals surface area contributed by atoms with Gasteiger partial charge in [-0.05, 0) is 24.6 Å². The number of rotatable bonds is 1. The summed E-state index contributed by atoms with van der Waals surface area (Å²) in [6.45, 7) is 2.31. The van der Waals surface area contributed by atoms with Crippen LogP contribution in [0, 0.1) is 5.82 Å². The van der Waals surface area contributed by atoms with Gasteiger partial charge in [0.2, 0.25) is 0 Å². The van der Waals surface area contributed by atoms with Crippen molar-refractivity contribution in [3.8, 4) is 0 Å². The largest absolute Gasteiger partial charge is 0.330 e. The predicted molar refractivity (Wildman–Crippen MR) is 57.5 cm³/mol. The molecule has 3 nitrogen and oxygen atoms in total. The van der Waals surface area contributed by atoms with Gasteiger partial charge in [0, 0.05) is 19.1 Å². The van der Waals surface area contributed by atoms with E-state index in [1.54, 1.807) is 11.0 Å². The normalized spacial score (nSPS) is 23.9. The van der Waals surface area contributed by atoms with Crippen LogP contribution < -0.4 is 5.32 Å². The first-order valence-corrected chi connectivity index (χ1v) is 5.56. The van der Waals surface area contributed by atoms with E-state index in [0.717, 1.165) is 25.1 Å². The molecule has 3 rings (SSSR count). The molecule has 0 saturated carbocycles. The van der Waals surface area contributed by atoms with Gasteiger partial charge < -0.3 is 10.2 Å². The van der Waals surface area contributed by atoms with E-state index in [1.807, 2.05) is 6.07 Å². The molecule has 0 aromatic heterocycles. The van der Waals surface area contributed by atoms with E-state index in [1.165, 1.54) is 6.07 Å². The van der Waals surface area contributed by atoms with Gasteiger partial charge in [0.25, 0.3) is 5.91 Å². The fourth-order valence-corrected chi connectivity index (χ4v) is 2.54. The molecule has 1 aromatic carbocycles. The van der Waals surface area contributed by atoms with Gasteiger partial charge in [-0.2, -0.15) is 0 Å². The van der Waals surface area contributed by atoms with Crippen molar-refractivity contribution in [3.05, 3.63) is 35.1 Å². The van der Waals surface area contributed by atoms with Crippen LogP contribution in [0.1, 0.15) is 22.3 Å². The predicted octanol–water partition coefficient (Wildman–Crippen LogP) is 1.14. The van der Waals surface area contributed by atoms with E-state index in [0.29, 0.717) is 6.54 Å². The quantitative estimate of drug-likeness (QED) is 0.769. The average Bonchev–Trinajstić information content (AvgIpc) is 2.86. The molecule has 0 bridgehead atoms. The lowest BCUT2D eigenvalue weighted by Crippen LogP contribution is -2.37. The van der Waals surface area contributed by atoms with E-state index in [-0.39, 0.29) is 17.5 Å². The fourth-order valence-electron chi connectivity index (χ4n) is 2.54. The minimum absolute atomic E-state index is 0.151. The lowest BCUT2D eigenvalue weighted by Gasteiger charge is -2.22. The number of hydrogen-bond acceptors (Lipinski definition) is 2. The highest BCUT2D eigenvalue weighted by molar-refractivity contribution is 5.98. The summed E-state index contributed by atoms with van der Waals surface area (Å²) in [5.74, 6) is -0.544. The minimum Gasteiger partial charge on any atom is -0.330 e. The molecule has 0 radical (unpaired) electrons. The van der Waals surface area contributed by atoms with Crippen molar-refractivity contribution in [1.82, 2.24) is 10.2 Å². The molecule has 1 N–H and O–H groups in total. The number of carbonyl (C=O) groups is 1. The summed E-state index contributed by atoms with van der Waals surface area (Å²) in [6.07, 6.45) is 0.960. The Bertz CT molecular complexity index is 441. The second-order valence-corrected chi connectivity index (χ2v) is 4.35. The standard InChI is InChI=1S/C12H13FN2O/c13-10-3-1-2-8-7-15(12(16)11(8)10)9-4-5-14-6-9/h1-3,9,14H,4-7H2. The number of benzene rings is 1. The molecule has 1 amide bonds. The third-order valence-electron chi connectivity index (χ3n) is 3.39. The van der Waals surface area contributed by atoms with Crippen LogP contribution in [0.15, 0.2) is 18.2 Å². The van der Waals surface area contributed by atoms with Crippen LogP contribution in [0.5, 0.6) is 0 Å². The van der Waals surface area contributed by atoms with Crippen LogP contribution >= 0.6 is 0 Å². The number of amides is 1. The molecular formula is C12H13FN2O. The summed E-state index contributed by atoms with van der Waals surface area (Å²) in [4.78, 5) is 13.8. The molecule has 1 atom stereocenters. The van der Waals surface area contributed by atoms with Gasteiger partial charge in [0.05, 0.1) is 5.56 Å². The van der Waals surface area contributed by atoms with Crippen LogP contribution in [-0.2, 0) is 6.54 Å². The molecule has 0 spiro atoms. The summed E-state index contributed by atoms with van der Waals surface area (Å²) in [5, 5.41) is 3.22. The Morgan fingerprint density at radius 1 is 1.44 bits per heavy atom. The maximum atomic E-state index is 13.5. The van der Waals surface area contributed by atoms with Gasteiger partial charge in [0.1, 0.15) is 5.82 Å². The van der Waals surface area contributed by atoms with Crippen molar-refractivity contribution in [2.45, 2.75) is 19.0 Å². The van der Waals surface area contributed by atoms with Gasteiger partial charge in [-0.3, -0.25) is 4.79 Å². The summed E-state index contributed by atoms with van der Waals surface area (Å²) < 4.78 is 13.5. The Hall–Kier alpha value is -1.42. The third kappa shape index (κ3) is 1.33. The number of fused-ring (bicyclic) bond motifs is 1. The number of halogens is 1. The van der Waals surface area contributed by atoms with Crippen molar-refractivity contribution in [1.29, 1.82) is 0 Å². The molecule has 16 heavy (non-hydrogen) atoms. The molecule has 2 heterocycles. The Kier molecular flexibility index (Phi) is 2.17. The lowest BCUT2D eigenvalue weighted by molar-refractivity contribution is 0.0714. The summed E-state index contributed by atoms with van der Waals surface area (Å²) in [5.41, 5.74) is 1.09. The van der Waals surface area contributed by atoms with Gasteiger partial charge in [0.15, 0.2) is 0 Å². The molecule has 84 valence electrons. The van der Waals surface area contributed by atoms with Crippen molar-refractivity contribution in [2.24, 2.45) is 0 Å². The van der Waals surface area contributed by atoms with Gasteiger partial charge in [-0.15, -0.1) is 0 Å². The maximum Gasteiger partial charge on any atom is 0.257 e. The summed E-state index contributed by atoms with van der Waals surface area (Å²) in [7, 11) is 0. The monoisotopic (exact) mass is 220 g/mol. The molecule has 0 aliphatic carbocycles. The Morgan fingerprint density at radius 2 is 2.31 bits per heavy atom. The van der Waals surface area contributed by atoms with E-state index < -0.39 is 5.82 Å². The van der Waals surface area contributed by atoms with Gasteiger partial charge in [-0.25, -0.2) is 4.39 Å². The highest BCUT2D eigenvalue weighted by atomic mass is 19.1. The molecule has 4 heteroatoms. The molecule has 2 aliphatic rings. The molecule has 1 aromatic rings. The Morgan fingerprint density at radius 3 is 3.00 bits per heavy atom. The second kappa shape index (κ2) is 3.56. The Balaban J connectivity index is 1.94. The van der Waals surface area contributed by atoms with E-state index in [9.17, 15) is 9.18 Å². The second-order valence-electron chi connectivity index (χ2n) is 4.35. The zero-order valence-electron chi connectivity index (χ0n) is 8.87. The first-order valence-electron chi connectivity index (χ1n) is 5.56. The highest BCUT2D eigenvalue weighted by Gasteiger charge is 2.35. The van der Waals surface area contributed by atoms with Crippen LogP contribution in [-0.4, -0.2) is 29.9 Å². The maximum absolute atomic E-state index is 13.5. The highest BCUT2D eigenvalue weighted by Crippen LogP contribution is 2.28. The van der Waals surface area contributed by atoms with Crippen molar-refractivity contribution in [2.75, 3.05) is 13.1 Å². The first-order chi connectivity index (χ1) is 7.77. The summed E-state index contributed by atoms with van der Waals surface area (Å²) in [6, 6.07) is 5.07. The number of nitrogens with zero attached hydrogens (tertiary/aromatic N) is 1. The molecule has 2 aliphatic heterocycles. The molecule has 1 saturated heterocycles.